The van der Waals surface area contributed by atoms with Gasteiger partial charge in [-0.3, -0.25) is 4.79 Å². The average molecular weight is 511 g/mol. The molecule has 6 aromatic rings. The normalized spacial score (nSPS) is 12.3. The molecule has 0 saturated carbocycles. The van der Waals surface area contributed by atoms with Crippen LogP contribution in [0.5, 0.6) is 5.75 Å². The van der Waals surface area contributed by atoms with Gasteiger partial charge in [0, 0.05) is 5.56 Å². The summed E-state index contributed by atoms with van der Waals surface area (Å²) in [5, 5.41) is 15.4. The smallest absolute Gasteiger partial charge is 0.200 e. The summed E-state index contributed by atoms with van der Waals surface area (Å²) in [4.78, 5) is 22.1. The number of aromatic hydroxyl groups is 1. The molecule has 8 nitrogen and oxygen atoms in total. The van der Waals surface area contributed by atoms with E-state index in [1.807, 2.05) is 0 Å². The van der Waals surface area contributed by atoms with Gasteiger partial charge >= 0.3 is 0 Å². The summed E-state index contributed by atoms with van der Waals surface area (Å²) >= 11 is 0. The third-order valence-electron chi connectivity index (χ3n) is 6.42. The van der Waals surface area contributed by atoms with Crippen molar-refractivity contribution in [3.8, 4) is 28.1 Å². The van der Waals surface area contributed by atoms with Crippen molar-refractivity contribution in [2.24, 2.45) is 0 Å². The van der Waals surface area contributed by atoms with Gasteiger partial charge in [-0.15, -0.1) is 0 Å². The molecule has 0 aliphatic carbocycles. The van der Waals surface area contributed by atoms with E-state index >= 15 is 0 Å². The molecule has 3 aromatic heterocycles. The maximum atomic E-state index is 14.2. The maximum absolute atomic E-state index is 14.2. The second-order valence-electron chi connectivity index (χ2n) is 8.77. The summed E-state index contributed by atoms with van der Waals surface area (Å²) in [6.07, 6.45) is 1.28. The molecule has 0 aliphatic heterocycles. The second kappa shape index (κ2) is 8.77. The highest BCUT2D eigenvalue weighted by molar-refractivity contribution is 5.98. The standard InChI is InChI=1S/C28H19F2N5O3/c1-14(26-22(15-5-4-6-17(29)11-15)25(37)18-7-2-3-8-21(18)38-26)35-28-23(27(31)32-13-33-28)24(34-35)16-9-10-19(30)20(36)12-16/h2-14,36H,1H3,(H2,31,32,33). The van der Waals surface area contributed by atoms with Crippen molar-refractivity contribution in [2.45, 2.75) is 13.0 Å². The number of fused-ring (bicyclic) bond motifs is 2. The SMILES string of the molecule is CC(c1oc2ccccc2c(=O)c1-c1cccc(F)c1)n1nc(-c2ccc(F)c(O)c2)c2c(N)ncnc21. The molecule has 3 aromatic carbocycles. The highest BCUT2D eigenvalue weighted by Crippen LogP contribution is 2.37. The zero-order valence-corrected chi connectivity index (χ0v) is 19.9. The number of phenols is 1. The van der Waals surface area contributed by atoms with Gasteiger partial charge in [-0.1, -0.05) is 24.3 Å². The number of aromatic nitrogens is 4. The number of halogens is 2. The van der Waals surface area contributed by atoms with Crippen LogP contribution in [0.4, 0.5) is 14.6 Å². The summed E-state index contributed by atoms with van der Waals surface area (Å²) in [7, 11) is 0. The Bertz CT molecular complexity index is 1930. The van der Waals surface area contributed by atoms with Crippen molar-refractivity contribution in [3.05, 3.63) is 101 Å². The first-order valence-electron chi connectivity index (χ1n) is 11.6. The number of nitrogen functional groups attached to an aromatic ring is 1. The number of hydrogen-bond donors (Lipinski definition) is 2. The molecular weight excluding hydrogens is 492 g/mol. The van der Waals surface area contributed by atoms with E-state index < -0.39 is 23.4 Å². The lowest BCUT2D eigenvalue weighted by molar-refractivity contribution is 0.432. The minimum absolute atomic E-state index is 0.123. The fourth-order valence-electron chi connectivity index (χ4n) is 4.61. The first-order valence-corrected chi connectivity index (χ1v) is 11.6. The topological polar surface area (TPSA) is 120 Å². The quantitative estimate of drug-likeness (QED) is 0.323. The van der Waals surface area contributed by atoms with Gasteiger partial charge in [0.2, 0.25) is 5.43 Å². The van der Waals surface area contributed by atoms with Gasteiger partial charge in [0.25, 0.3) is 0 Å². The lowest BCUT2D eigenvalue weighted by Crippen LogP contribution is -2.16. The number of nitrogens with zero attached hydrogens (tertiary/aromatic N) is 4. The molecule has 0 saturated heterocycles. The molecule has 1 unspecified atom stereocenters. The molecule has 3 N–H and O–H groups in total. The van der Waals surface area contributed by atoms with Crippen molar-refractivity contribution in [1.82, 2.24) is 19.7 Å². The molecule has 0 spiro atoms. The Morgan fingerprint density at radius 1 is 1.00 bits per heavy atom. The highest BCUT2D eigenvalue weighted by Gasteiger charge is 2.27. The molecule has 188 valence electrons. The predicted molar refractivity (Wildman–Crippen MR) is 138 cm³/mol. The van der Waals surface area contributed by atoms with Gasteiger partial charge in [0.05, 0.1) is 16.3 Å². The van der Waals surface area contributed by atoms with Crippen LogP contribution in [0, 0.1) is 11.6 Å². The Kier molecular flexibility index (Phi) is 5.37. The molecule has 10 heteroatoms. The second-order valence-corrected chi connectivity index (χ2v) is 8.77. The van der Waals surface area contributed by atoms with E-state index in [1.54, 1.807) is 37.3 Å². The fourth-order valence-corrected chi connectivity index (χ4v) is 4.61. The van der Waals surface area contributed by atoms with Crippen molar-refractivity contribution in [2.75, 3.05) is 5.73 Å². The number of rotatable bonds is 4. The molecule has 3 heterocycles. The molecule has 1 atom stereocenters. The van der Waals surface area contributed by atoms with Gasteiger partial charge in [-0.2, -0.15) is 5.10 Å². The van der Waals surface area contributed by atoms with Gasteiger partial charge in [-0.25, -0.2) is 23.4 Å². The van der Waals surface area contributed by atoms with E-state index in [2.05, 4.69) is 9.97 Å². The first-order chi connectivity index (χ1) is 18.3. The van der Waals surface area contributed by atoms with Crippen LogP contribution in [0.3, 0.4) is 0 Å². The number of para-hydroxylation sites is 1. The van der Waals surface area contributed by atoms with Crippen LogP contribution in [-0.4, -0.2) is 24.9 Å². The average Bonchev–Trinajstić information content (AvgIpc) is 3.31. The molecular formula is C28H19F2N5O3. The van der Waals surface area contributed by atoms with E-state index in [9.17, 15) is 18.7 Å². The van der Waals surface area contributed by atoms with Gasteiger partial charge in [0.15, 0.2) is 17.2 Å². The summed E-state index contributed by atoms with van der Waals surface area (Å²) in [5.41, 5.74) is 7.76. The van der Waals surface area contributed by atoms with E-state index in [0.717, 1.165) is 6.07 Å². The van der Waals surface area contributed by atoms with Crippen molar-refractivity contribution < 1.29 is 18.3 Å². The van der Waals surface area contributed by atoms with E-state index in [0.29, 0.717) is 38.8 Å². The Hall–Kier alpha value is -5.12. The van der Waals surface area contributed by atoms with E-state index in [4.69, 9.17) is 15.2 Å². The molecule has 38 heavy (non-hydrogen) atoms. The van der Waals surface area contributed by atoms with Crippen LogP contribution in [0.25, 0.3) is 44.4 Å². The largest absolute Gasteiger partial charge is 0.505 e. The predicted octanol–water partition coefficient (Wildman–Crippen LogP) is 5.44. The van der Waals surface area contributed by atoms with Gasteiger partial charge in [-0.05, 0) is 55.0 Å². The van der Waals surface area contributed by atoms with Gasteiger partial charge in [0.1, 0.15) is 41.0 Å². The Morgan fingerprint density at radius 2 is 1.82 bits per heavy atom. The van der Waals surface area contributed by atoms with Crippen LogP contribution in [0.1, 0.15) is 18.7 Å². The summed E-state index contributed by atoms with van der Waals surface area (Å²) in [6, 6.07) is 15.6. The summed E-state index contributed by atoms with van der Waals surface area (Å²) < 4.78 is 35.8. The first kappa shape index (κ1) is 23.3. The fraction of sp³-hybridized carbons (Fsp3) is 0.0714. The lowest BCUT2D eigenvalue weighted by Gasteiger charge is -2.17. The number of hydrogen-bond acceptors (Lipinski definition) is 7. The minimum Gasteiger partial charge on any atom is -0.505 e. The monoisotopic (exact) mass is 511 g/mol. The molecule has 0 amide bonds. The zero-order valence-electron chi connectivity index (χ0n) is 19.9. The van der Waals surface area contributed by atoms with E-state index in [-0.39, 0.29) is 22.6 Å². The van der Waals surface area contributed by atoms with Gasteiger partial charge < -0.3 is 15.3 Å². The van der Waals surface area contributed by atoms with Crippen LogP contribution >= 0.6 is 0 Å². The molecule has 0 aliphatic rings. The number of anilines is 1. The molecule has 0 fully saturated rings. The molecule has 0 bridgehead atoms. The van der Waals surface area contributed by atoms with E-state index in [1.165, 1.54) is 41.3 Å². The van der Waals surface area contributed by atoms with Crippen LogP contribution in [-0.2, 0) is 0 Å². The zero-order chi connectivity index (χ0) is 26.6. The van der Waals surface area contributed by atoms with Crippen molar-refractivity contribution in [1.29, 1.82) is 0 Å². The molecule has 0 radical (unpaired) electrons. The Labute approximate surface area is 213 Å². The minimum atomic E-state index is -0.784. The lowest BCUT2D eigenvalue weighted by atomic mass is 9.99. The van der Waals surface area contributed by atoms with Crippen molar-refractivity contribution in [3.63, 3.8) is 0 Å². The molecule has 6 rings (SSSR count). The highest BCUT2D eigenvalue weighted by atomic mass is 19.1. The summed E-state index contributed by atoms with van der Waals surface area (Å²) in [5.74, 6) is -1.49. The maximum Gasteiger partial charge on any atom is 0.200 e. The Morgan fingerprint density at radius 3 is 2.61 bits per heavy atom. The van der Waals surface area contributed by atoms with Crippen molar-refractivity contribution >= 4 is 27.8 Å². The summed E-state index contributed by atoms with van der Waals surface area (Å²) in [6.45, 7) is 1.76. The van der Waals surface area contributed by atoms with Crippen LogP contribution < -0.4 is 11.2 Å². The van der Waals surface area contributed by atoms with Crippen LogP contribution in [0.2, 0.25) is 0 Å². The number of benzene rings is 3. The Balaban J connectivity index is 1.64. The number of phenolic OH excluding ortho intramolecular Hbond substituents is 1. The third kappa shape index (κ3) is 3.65. The third-order valence-corrected chi connectivity index (χ3v) is 6.42. The van der Waals surface area contributed by atoms with Crippen LogP contribution in [0.15, 0.2) is 82.3 Å². The number of nitrogens with two attached hydrogens (primary N) is 1.